The summed E-state index contributed by atoms with van der Waals surface area (Å²) in [7, 11) is 0. The van der Waals surface area contributed by atoms with Gasteiger partial charge in [-0.05, 0) is 75.8 Å². The highest BCUT2D eigenvalue weighted by atomic mass is 16.5. The zero-order valence-corrected chi connectivity index (χ0v) is 21.1. The third kappa shape index (κ3) is 5.80. The maximum Gasteiger partial charge on any atom is 0.253 e. The predicted octanol–water partition coefficient (Wildman–Crippen LogP) is 4.96. The maximum absolute atomic E-state index is 13.8. The van der Waals surface area contributed by atoms with E-state index in [0.29, 0.717) is 63.5 Å². The van der Waals surface area contributed by atoms with Crippen LogP contribution in [0.25, 0.3) is 0 Å². The molecule has 1 fully saturated rings. The van der Waals surface area contributed by atoms with E-state index < -0.39 is 5.41 Å². The molecule has 0 bridgehead atoms. The van der Waals surface area contributed by atoms with Crippen molar-refractivity contribution in [2.75, 3.05) is 39.4 Å². The quantitative estimate of drug-likeness (QED) is 0.623. The number of para-hydroxylation sites is 1. The molecule has 6 heteroatoms. The second-order valence-electron chi connectivity index (χ2n) is 9.58. The van der Waals surface area contributed by atoms with Crippen molar-refractivity contribution in [2.45, 2.75) is 52.4 Å². The molecule has 0 saturated carbocycles. The van der Waals surface area contributed by atoms with Crippen molar-refractivity contribution in [3.8, 4) is 11.5 Å². The minimum atomic E-state index is -0.404. The monoisotopic (exact) mass is 478 g/mol. The van der Waals surface area contributed by atoms with Gasteiger partial charge in [0.1, 0.15) is 18.1 Å². The Kier molecular flexibility index (Phi) is 8.32. The molecule has 2 aromatic rings. The van der Waals surface area contributed by atoms with Gasteiger partial charge in [-0.15, -0.1) is 0 Å². The smallest absolute Gasteiger partial charge is 0.253 e. The number of aryl methyl sites for hydroxylation is 1. The molecule has 4 rings (SSSR count). The fraction of sp³-hybridized carbons (Fsp3) is 0.517. The highest BCUT2D eigenvalue weighted by Crippen LogP contribution is 2.39. The Morgan fingerprint density at radius 2 is 1.80 bits per heavy atom. The Bertz CT molecular complexity index is 1010. The van der Waals surface area contributed by atoms with Crippen LogP contribution in [-0.4, -0.2) is 61.0 Å². The van der Waals surface area contributed by atoms with Gasteiger partial charge in [-0.3, -0.25) is 9.59 Å². The molecule has 1 spiro atoms. The minimum Gasteiger partial charge on any atom is -0.494 e. The third-order valence-electron chi connectivity index (χ3n) is 7.47. The first-order valence-corrected chi connectivity index (χ1v) is 13.1. The van der Waals surface area contributed by atoms with Crippen LogP contribution in [0.5, 0.6) is 11.5 Å². The van der Waals surface area contributed by atoms with Gasteiger partial charge in [-0.2, -0.15) is 0 Å². The second kappa shape index (κ2) is 11.6. The van der Waals surface area contributed by atoms with Crippen LogP contribution in [0.15, 0.2) is 48.5 Å². The van der Waals surface area contributed by atoms with Gasteiger partial charge < -0.3 is 19.3 Å². The van der Waals surface area contributed by atoms with Gasteiger partial charge in [0.05, 0.1) is 18.6 Å². The van der Waals surface area contributed by atoms with Gasteiger partial charge in [0.15, 0.2) is 0 Å². The van der Waals surface area contributed by atoms with Crippen LogP contribution in [0.4, 0.5) is 0 Å². The number of amides is 2. The van der Waals surface area contributed by atoms with E-state index in [4.69, 9.17) is 9.47 Å². The van der Waals surface area contributed by atoms with Crippen molar-refractivity contribution in [1.29, 1.82) is 0 Å². The standard InChI is InChI=1S/C29H38N2O4/c1-3-30-20-21-35-26-14-6-5-10-23(26)11-7-8-15-29(28(30)33)16-18-31(19-17-29)27(32)24-12-9-13-25(22-24)34-4-2/h5-6,9-10,12-14,22H,3-4,7-8,11,15-21H2,1-2H3. The molecule has 0 aliphatic carbocycles. The fourth-order valence-electron chi connectivity index (χ4n) is 5.41. The van der Waals surface area contributed by atoms with Crippen LogP contribution in [0.1, 0.15) is 61.9 Å². The lowest BCUT2D eigenvalue weighted by Crippen LogP contribution is -2.52. The summed E-state index contributed by atoms with van der Waals surface area (Å²) in [6.07, 6.45) is 5.25. The lowest BCUT2D eigenvalue weighted by atomic mass is 9.73. The Morgan fingerprint density at radius 1 is 1.00 bits per heavy atom. The summed E-state index contributed by atoms with van der Waals surface area (Å²) in [4.78, 5) is 30.9. The van der Waals surface area contributed by atoms with Crippen LogP contribution in [0.3, 0.4) is 0 Å². The SMILES string of the molecule is CCOc1cccc(C(=O)N2CCC3(CCCCc4ccccc4OCCN(CC)C3=O)CC2)c1. The lowest BCUT2D eigenvalue weighted by Gasteiger charge is -2.43. The maximum atomic E-state index is 13.8. The van der Waals surface area contributed by atoms with Crippen molar-refractivity contribution < 1.29 is 19.1 Å². The molecular formula is C29H38N2O4. The number of nitrogens with zero attached hydrogens (tertiary/aromatic N) is 2. The van der Waals surface area contributed by atoms with E-state index in [9.17, 15) is 9.59 Å². The molecule has 0 atom stereocenters. The summed E-state index contributed by atoms with van der Waals surface area (Å²) < 4.78 is 11.7. The molecule has 0 N–H and O–H groups in total. The highest BCUT2D eigenvalue weighted by Gasteiger charge is 2.43. The van der Waals surface area contributed by atoms with Crippen LogP contribution in [0.2, 0.25) is 0 Å². The molecule has 0 radical (unpaired) electrons. The molecule has 2 amide bonds. The number of carbonyl (C=O) groups is 2. The molecule has 0 aromatic heterocycles. The van der Waals surface area contributed by atoms with Gasteiger partial charge in [0.25, 0.3) is 5.91 Å². The third-order valence-corrected chi connectivity index (χ3v) is 7.47. The molecule has 35 heavy (non-hydrogen) atoms. The van der Waals surface area contributed by atoms with E-state index in [-0.39, 0.29) is 11.8 Å². The highest BCUT2D eigenvalue weighted by molar-refractivity contribution is 5.95. The number of fused-ring (bicyclic) bond motifs is 1. The summed E-state index contributed by atoms with van der Waals surface area (Å²) in [5, 5.41) is 0. The normalized spacial score (nSPS) is 18.7. The van der Waals surface area contributed by atoms with Crippen LogP contribution >= 0.6 is 0 Å². The first-order valence-electron chi connectivity index (χ1n) is 13.1. The molecule has 6 nitrogen and oxygen atoms in total. The van der Waals surface area contributed by atoms with Gasteiger partial charge in [-0.25, -0.2) is 0 Å². The Balaban J connectivity index is 1.47. The molecule has 2 aliphatic heterocycles. The number of hydrogen-bond donors (Lipinski definition) is 0. The van der Waals surface area contributed by atoms with Gasteiger partial charge in [0, 0.05) is 25.2 Å². The summed E-state index contributed by atoms with van der Waals surface area (Å²) in [5.74, 6) is 1.89. The topological polar surface area (TPSA) is 59.1 Å². The summed E-state index contributed by atoms with van der Waals surface area (Å²) in [5.41, 5.74) is 1.48. The lowest BCUT2D eigenvalue weighted by molar-refractivity contribution is -0.145. The number of benzene rings is 2. The van der Waals surface area contributed by atoms with Gasteiger partial charge in [-0.1, -0.05) is 30.7 Å². The number of rotatable bonds is 4. The van der Waals surface area contributed by atoms with Gasteiger partial charge >= 0.3 is 0 Å². The van der Waals surface area contributed by atoms with E-state index in [1.54, 1.807) is 0 Å². The van der Waals surface area contributed by atoms with E-state index in [1.807, 2.05) is 60.0 Å². The van der Waals surface area contributed by atoms with Crippen LogP contribution in [0, 0.1) is 5.41 Å². The predicted molar refractivity (Wildman–Crippen MR) is 137 cm³/mol. The summed E-state index contributed by atoms with van der Waals surface area (Å²) in [6.45, 7) is 7.47. The fourth-order valence-corrected chi connectivity index (χ4v) is 5.41. The van der Waals surface area contributed by atoms with E-state index >= 15 is 0 Å². The zero-order valence-electron chi connectivity index (χ0n) is 21.1. The van der Waals surface area contributed by atoms with Crippen LogP contribution < -0.4 is 9.47 Å². The molecule has 2 heterocycles. The first-order chi connectivity index (χ1) is 17.1. The molecule has 1 saturated heterocycles. The van der Waals surface area contributed by atoms with Crippen molar-refractivity contribution in [2.24, 2.45) is 5.41 Å². The number of hydrogen-bond acceptors (Lipinski definition) is 4. The van der Waals surface area contributed by atoms with Gasteiger partial charge in [0.2, 0.25) is 5.91 Å². The van der Waals surface area contributed by atoms with E-state index in [1.165, 1.54) is 5.56 Å². The summed E-state index contributed by atoms with van der Waals surface area (Å²) >= 11 is 0. The Labute approximate surface area is 209 Å². The van der Waals surface area contributed by atoms with Crippen molar-refractivity contribution in [3.63, 3.8) is 0 Å². The molecule has 188 valence electrons. The largest absolute Gasteiger partial charge is 0.494 e. The molecular weight excluding hydrogens is 440 g/mol. The van der Waals surface area contributed by atoms with E-state index in [2.05, 4.69) is 12.1 Å². The number of likely N-dealkylation sites (tertiary alicyclic amines) is 1. The van der Waals surface area contributed by atoms with Crippen molar-refractivity contribution in [3.05, 3.63) is 59.7 Å². The summed E-state index contributed by atoms with van der Waals surface area (Å²) in [6, 6.07) is 15.6. The Morgan fingerprint density at radius 3 is 2.57 bits per heavy atom. The average Bonchev–Trinajstić information content (AvgIpc) is 2.89. The minimum absolute atomic E-state index is 0.0133. The average molecular weight is 479 g/mol. The van der Waals surface area contributed by atoms with Crippen molar-refractivity contribution in [1.82, 2.24) is 9.80 Å². The molecule has 2 aromatic carbocycles. The second-order valence-corrected chi connectivity index (χ2v) is 9.58. The molecule has 2 aliphatic rings. The number of likely N-dealkylation sites (N-methyl/N-ethyl adjacent to an activating group) is 1. The number of carbonyl (C=O) groups excluding carboxylic acids is 2. The first kappa shape index (κ1) is 25.1. The van der Waals surface area contributed by atoms with Crippen molar-refractivity contribution >= 4 is 11.8 Å². The zero-order chi connectivity index (χ0) is 24.7. The number of piperidine rings is 1. The Hall–Kier alpha value is -3.02. The number of ether oxygens (including phenoxy) is 2. The molecule has 0 unspecified atom stereocenters. The van der Waals surface area contributed by atoms with Crippen LogP contribution in [-0.2, 0) is 11.2 Å². The van der Waals surface area contributed by atoms with E-state index in [0.717, 1.165) is 31.4 Å².